The molecule has 0 aromatic heterocycles. The van der Waals surface area contributed by atoms with Gasteiger partial charge in [0.05, 0.1) is 6.10 Å². The first kappa shape index (κ1) is 5.88. The Morgan fingerprint density at radius 1 is 1.50 bits per heavy atom. The van der Waals surface area contributed by atoms with E-state index in [1.165, 1.54) is 6.92 Å². The van der Waals surface area contributed by atoms with Gasteiger partial charge in [-0.25, -0.2) is 0 Å². The van der Waals surface area contributed by atoms with Crippen molar-refractivity contribution >= 4 is 0 Å². The molecule has 0 saturated heterocycles. The van der Waals surface area contributed by atoms with Crippen molar-refractivity contribution < 1.29 is 10.2 Å². The molecule has 38 valence electrons. The van der Waals surface area contributed by atoms with Crippen LogP contribution in [0, 0.1) is 0 Å². The first-order chi connectivity index (χ1) is 2.64. The van der Waals surface area contributed by atoms with Gasteiger partial charge in [-0.2, -0.15) is 0 Å². The zero-order chi connectivity index (χ0) is 5.15. The first-order valence-electron chi connectivity index (χ1n) is 1.76. The number of hydrogen-bond acceptors (Lipinski definition) is 3. The van der Waals surface area contributed by atoms with E-state index in [-0.39, 0.29) is 0 Å². The van der Waals surface area contributed by atoms with Gasteiger partial charge in [0.25, 0.3) is 0 Å². The Morgan fingerprint density at radius 3 is 1.67 bits per heavy atom. The summed E-state index contributed by atoms with van der Waals surface area (Å²) in [5.41, 5.74) is 4.74. The Hall–Kier alpha value is -0.120. The van der Waals surface area contributed by atoms with Crippen LogP contribution >= 0.6 is 0 Å². The summed E-state index contributed by atoms with van der Waals surface area (Å²) in [5.74, 6) is 0. The van der Waals surface area contributed by atoms with Crippen LogP contribution in [0.25, 0.3) is 0 Å². The lowest BCUT2D eigenvalue weighted by Gasteiger charge is -2.03. The molecule has 6 heavy (non-hydrogen) atoms. The van der Waals surface area contributed by atoms with E-state index in [2.05, 4.69) is 0 Å². The van der Waals surface area contributed by atoms with Gasteiger partial charge < -0.3 is 15.9 Å². The number of nitrogens with two attached hydrogens (primary N) is 1. The summed E-state index contributed by atoms with van der Waals surface area (Å²) >= 11 is 0. The summed E-state index contributed by atoms with van der Waals surface area (Å²) < 4.78 is 0. The molecule has 0 aromatic carbocycles. The molecule has 3 heteroatoms. The van der Waals surface area contributed by atoms with Crippen LogP contribution < -0.4 is 5.73 Å². The molecule has 0 aliphatic carbocycles. The van der Waals surface area contributed by atoms with Crippen molar-refractivity contribution in [3.8, 4) is 0 Å². The summed E-state index contributed by atoms with van der Waals surface area (Å²) in [6, 6.07) is 0. The molecule has 0 aliphatic rings. The van der Waals surface area contributed by atoms with Gasteiger partial charge in [-0.05, 0) is 6.92 Å². The Labute approximate surface area is 36.4 Å². The van der Waals surface area contributed by atoms with E-state index in [0.29, 0.717) is 0 Å². The lowest BCUT2D eigenvalue weighted by atomic mass is 10.4. The van der Waals surface area contributed by atoms with Crippen molar-refractivity contribution in [2.45, 2.75) is 19.3 Å². The molecule has 0 aliphatic heterocycles. The number of aliphatic hydroxyl groups is 2. The Bertz CT molecular complexity index is 29.8. The minimum Gasteiger partial charge on any atom is -0.389 e. The van der Waals surface area contributed by atoms with Gasteiger partial charge in [0.1, 0.15) is 6.23 Å². The van der Waals surface area contributed by atoms with E-state index in [4.69, 9.17) is 15.9 Å². The maximum Gasteiger partial charge on any atom is 0.128 e. The van der Waals surface area contributed by atoms with Crippen LogP contribution in [-0.4, -0.2) is 22.5 Å². The number of aliphatic hydroxyl groups excluding tert-OH is 2. The van der Waals surface area contributed by atoms with E-state index >= 15 is 0 Å². The predicted molar refractivity (Wildman–Crippen MR) is 21.9 cm³/mol. The van der Waals surface area contributed by atoms with Crippen LogP contribution in [0.15, 0.2) is 0 Å². The fourth-order valence-electron chi connectivity index (χ4n) is 0. The van der Waals surface area contributed by atoms with Crippen LogP contribution in [0.2, 0.25) is 0 Å². The SMILES string of the molecule is CC(O)C(N)O. The Morgan fingerprint density at radius 2 is 1.67 bits per heavy atom. The van der Waals surface area contributed by atoms with Crippen molar-refractivity contribution in [1.82, 2.24) is 0 Å². The number of rotatable bonds is 1. The van der Waals surface area contributed by atoms with Gasteiger partial charge in [-0.3, -0.25) is 0 Å². The van der Waals surface area contributed by atoms with Gasteiger partial charge in [0.2, 0.25) is 0 Å². The first-order valence-corrected chi connectivity index (χ1v) is 1.76. The molecule has 0 bridgehead atoms. The molecular weight excluding hydrogens is 82.0 g/mol. The summed E-state index contributed by atoms with van der Waals surface area (Å²) in [7, 11) is 0. The van der Waals surface area contributed by atoms with Crippen LogP contribution in [0.4, 0.5) is 0 Å². The summed E-state index contributed by atoms with van der Waals surface area (Å²) in [5, 5.41) is 16.4. The van der Waals surface area contributed by atoms with Crippen molar-refractivity contribution in [3.05, 3.63) is 0 Å². The van der Waals surface area contributed by atoms with E-state index < -0.39 is 12.3 Å². The fourth-order valence-corrected chi connectivity index (χ4v) is 0. The zero-order valence-corrected chi connectivity index (χ0v) is 3.63. The van der Waals surface area contributed by atoms with Gasteiger partial charge in [-0.15, -0.1) is 0 Å². The quantitative estimate of drug-likeness (QED) is 0.349. The van der Waals surface area contributed by atoms with E-state index in [0.717, 1.165) is 0 Å². The molecule has 0 aromatic rings. The second-order valence-corrected chi connectivity index (χ2v) is 1.23. The van der Waals surface area contributed by atoms with E-state index in [1.807, 2.05) is 0 Å². The molecule has 2 unspecified atom stereocenters. The maximum atomic E-state index is 8.25. The second kappa shape index (κ2) is 2.12. The van der Waals surface area contributed by atoms with Crippen molar-refractivity contribution in [1.29, 1.82) is 0 Å². The van der Waals surface area contributed by atoms with Gasteiger partial charge in [0.15, 0.2) is 0 Å². The monoisotopic (exact) mass is 91.1 g/mol. The van der Waals surface area contributed by atoms with Crippen LogP contribution in [-0.2, 0) is 0 Å². The average molecular weight is 91.1 g/mol. The van der Waals surface area contributed by atoms with E-state index in [9.17, 15) is 0 Å². The van der Waals surface area contributed by atoms with E-state index in [1.54, 1.807) is 0 Å². The van der Waals surface area contributed by atoms with Crippen LogP contribution in [0.1, 0.15) is 6.92 Å². The van der Waals surface area contributed by atoms with Crippen LogP contribution in [0.3, 0.4) is 0 Å². The fraction of sp³-hybridized carbons (Fsp3) is 1.00. The third kappa shape index (κ3) is 2.14. The highest BCUT2D eigenvalue weighted by Gasteiger charge is 2.00. The maximum absolute atomic E-state index is 8.25. The molecule has 4 N–H and O–H groups in total. The topological polar surface area (TPSA) is 66.5 Å². The van der Waals surface area contributed by atoms with Gasteiger partial charge in [0, 0.05) is 0 Å². The zero-order valence-electron chi connectivity index (χ0n) is 3.63. The number of hydrogen-bond donors (Lipinski definition) is 3. The third-order valence-electron chi connectivity index (χ3n) is 0.494. The lowest BCUT2D eigenvalue weighted by Crippen LogP contribution is -2.31. The lowest BCUT2D eigenvalue weighted by molar-refractivity contribution is 0.0359. The van der Waals surface area contributed by atoms with Crippen molar-refractivity contribution in [2.24, 2.45) is 5.73 Å². The molecule has 2 atom stereocenters. The van der Waals surface area contributed by atoms with Gasteiger partial charge in [-0.1, -0.05) is 0 Å². The van der Waals surface area contributed by atoms with Crippen molar-refractivity contribution in [2.75, 3.05) is 0 Å². The highest BCUT2D eigenvalue weighted by Crippen LogP contribution is 1.78. The summed E-state index contributed by atoms with van der Waals surface area (Å²) in [4.78, 5) is 0. The largest absolute Gasteiger partial charge is 0.389 e. The molecule has 0 spiro atoms. The van der Waals surface area contributed by atoms with Gasteiger partial charge >= 0.3 is 0 Å². The smallest absolute Gasteiger partial charge is 0.128 e. The van der Waals surface area contributed by atoms with Crippen molar-refractivity contribution in [3.63, 3.8) is 0 Å². The molecule has 0 radical (unpaired) electrons. The predicted octanol–water partition coefficient (Wildman–Crippen LogP) is -1.36. The molecule has 0 heterocycles. The minimum absolute atomic E-state index is 0.815. The summed E-state index contributed by atoms with van der Waals surface area (Å²) in [6.07, 6.45) is -1.91. The summed E-state index contributed by atoms with van der Waals surface area (Å²) in [6.45, 7) is 1.42. The standard InChI is InChI=1S/C3H9NO2/c1-2(5)3(4)6/h2-3,5-6H,4H2,1H3. The normalized spacial score (nSPS) is 20.0. The molecule has 3 nitrogen and oxygen atoms in total. The molecule has 0 fully saturated rings. The average Bonchev–Trinajstić information content (AvgIpc) is 1.36. The highest BCUT2D eigenvalue weighted by molar-refractivity contribution is 4.48. The molecular formula is C3H9NO2. The minimum atomic E-state index is -1.09. The molecule has 0 saturated carbocycles. The Balaban J connectivity index is 2.99. The Kier molecular flexibility index (Phi) is 2.08. The highest BCUT2D eigenvalue weighted by atomic mass is 16.3. The molecule has 0 amide bonds. The molecule has 0 rings (SSSR count). The van der Waals surface area contributed by atoms with Crippen LogP contribution in [0.5, 0.6) is 0 Å². The second-order valence-electron chi connectivity index (χ2n) is 1.23. The third-order valence-corrected chi connectivity index (χ3v) is 0.494.